The number of benzene rings is 1. The van der Waals surface area contributed by atoms with Crippen molar-refractivity contribution in [2.75, 3.05) is 13.3 Å². The molecule has 0 bridgehead atoms. The Kier molecular flexibility index (Phi) is 2.20. The van der Waals surface area contributed by atoms with Gasteiger partial charge >= 0.3 is 0 Å². The molecule has 0 spiro atoms. The highest BCUT2D eigenvalue weighted by Gasteiger charge is 2.12. The van der Waals surface area contributed by atoms with Crippen LogP contribution in [0.25, 0.3) is 0 Å². The molecule has 0 fully saturated rings. The summed E-state index contributed by atoms with van der Waals surface area (Å²) < 4.78 is 11.6. The van der Waals surface area contributed by atoms with E-state index in [1.54, 1.807) is 13.3 Å². The first-order valence-corrected chi connectivity index (χ1v) is 6.14. The zero-order valence-electron chi connectivity index (χ0n) is 7.09. The van der Waals surface area contributed by atoms with Gasteiger partial charge in [0.1, 0.15) is 7.14 Å². The predicted molar refractivity (Wildman–Crippen MR) is 49.1 cm³/mol. The topological polar surface area (TPSA) is 17.1 Å². The Hall–Kier alpha value is -0.550. The molecule has 1 rings (SSSR count). The molecular formula is C9H12OP. The summed E-state index contributed by atoms with van der Waals surface area (Å²) in [5, 5.41) is 0.944. The molecule has 1 aromatic rings. The normalized spacial score (nSPS) is 11.5. The van der Waals surface area contributed by atoms with Crippen LogP contribution >= 0.6 is 7.14 Å². The second kappa shape index (κ2) is 2.83. The molecule has 0 aliphatic carbocycles. The molecule has 0 atom stereocenters. The van der Waals surface area contributed by atoms with Crippen LogP contribution in [0.1, 0.15) is 5.56 Å². The van der Waals surface area contributed by atoms with Gasteiger partial charge in [-0.1, -0.05) is 12.1 Å². The average molecular weight is 167 g/mol. The molecule has 59 valence electrons. The average Bonchev–Trinajstić information content (AvgIpc) is 1.86. The second-order valence-corrected chi connectivity index (χ2v) is 6.25. The maximum Gasteiger partial charge on any atom is 0.110 e. The van der Waals surface area contributed by atoms with Gasteiger partial charge in [-0.3, -0.25) is 0 Å². The van der Waals surface area contributed by atoms with Crippen LogP contribution in [0.15, 0.2) is 18.2 Å². The lowest BCUT2D eigenvalue weighted by Gasteiger charge is -2.08. The Bertz CT molecular complexity index is 298. The third kappa shape index (κ3) is 1.94. The summed E-state index contributed by atoms with van der Waals surface area (Å²) in [6.45, 7) is 5.54. The first kappa shape index (κ1) is 8.55. The Morgan fingerprint density at radius 3 is 2.45 bits per heavy atom. The highest BCUT2D eigenvalue weighted by atomic mass is 31.2. The molecule has 0 unspecified atom stereocenters. The highest BCUT2D eigenvalue weighted by Crippen LogP contribution is 2.35. The number of aryl methyl sites for hydroxylation is 1. The molecule has 0 amide bonds. The van der Waals surface area contributed by atoms with Gasteiger partial charge in [-0.2, -0.15) is 0 Å². The number of rotatable bonds is 1. The van der Waals surface area contributed by atoms with Crippen molar-refractivity contribution < 1.29 is 4.57 Å². The summed E-state index contributed by atoms with van der Waals surface area (Å²) in [6.07, 6.45) is 0. The standard InChI is InChI=1S/C9H12OP/c1-8-6-4-5-7-9(8)11(2,3)10/h4,6-7H,1-3H3. The summed E-state index contributed by atoms with van der Waals surface area (Å²) in [7, 11) is -2.09. The fraction of sp³-hybridized carbons (Fsp3) is 0.333. The van der Waals surface area contributed by atoms with Crippen LogP contribution in [-0.2, 0) is 4.57 Å². The van der Waals surface area contributed by atoms with E-state index in [1.165, 1.54) is 0 Å². The van der Waals surface area contributed by atoms with Crippen molar-refractivity contribution >= 4 is 12.4 Å². The van der Waals surface area contributed by atoms with E-state index in [4.69, 9.17) is 0 Å². The zero-order chi connectivity index (χ0) is 8.48. The van der Waals surface area contributed by atoms with Gasteiger partial charge in [0.25, 0.3) is 0 Å². The molecule has 0 aliphatic rings. The minimum atomic E-state index is -2.09. The lowest BCUT2D eigenvalue weighted by Crippen LogP contribution is -2.06. The van der Waals surface area contributed by atoms with Crippen LogP contribution < -0.4 is 5.30 Å². The summed E-state index contributed by atoms with van der Waals surface area (Å²) in [5.74, 6) is 0. The lowest BCUT2D eigenvalue weighted by molar-refractivity contribution is 0.588. The minimum Gasteiger partial charge on any atom is -0.319 e. The second-order valence-electron chi connectivity index (χ2n) is 3.06. The largest absolute Gasteiger partial charge is 0.319 e. The summed E-state index contributed by atoms with van der Waals surface area (Å²) in [6, 6.07) is 8.53. The van der Waals surface area contributed by atoms with E-state index in [2.05, 4.69) is 6.07 Å². The van der Waals surface area contributed by atoms with Gasteiger partial charge in [0.2, 0.25) is 0 Å². The maximum atomic E-state index is 11.6. The van der Waals surface area contributed by atoms with Crippen molar-refractivity contribution in [2.45, 2.75) is 6.92 Å². The van der Waals surface area contributed by atoms with E-state index >= 15 is 0 Å². The molecular weight excluding hydrogens is 155 g/mol. The third-order valence-corrected chi connectivity index (χ3v) is 3.28. The van der Waals surface area contributed by atoms with Crippen molar-refractivity contribution in [1.82, 2.24) is 0 Å². The van der Waals surface area contributed by atoms with E-state index < -0.39 is 7.14 Å². The van der Waals surface area contributed by atoms with Crippen LogP contribution in [0, 0.1) is 13.0 Å². The Morgan fingerprint density at radius 2 is 2.09 bits per heavy atom. The molecule has 0 heterocycles. The first-order chi connectivity index (χ1) is 5.02. The monoisotopic (exact) mass is 167 g/mol. The Labute approximate surface area is 67.8 Å². The van der Waals surface area contributed by atoms with Gasteiger partial charge in [-0.25, -0.2) is 0 Å². The van der Waals surface area contributed by atoms with Gasteiger partial charge < -0.3 is 4.57 Å². The van der Waals surface area contributed by atoms with Gasteiger partial charge in [0.15, 0.2) is 0 Å². The van der Waals surface area contributed by atoms with Crippen molar-refractivity contribution in [1.29, 1.82) is 0 Å². The zero-order valence-corrected chi connectivity index (χ0v) is 7.98. The van der Waals surface area contributed by atoms with Crippen LogP contribution in [-0.4, -0.2) is 13.3 Å². The first-order valence-electron chi connectivity index (χ1n) is 3.54. The maximum absolute atomic E-state index is 11.6. The Balaban J connectivity index is 3.25. The fourth-order valence-corrected chi connectivity index (χ4v) is 2.39. The van der Waals surface area contributed by atoms with E-state index in [-0.39, 0.29) is 0 Å². The van der Waals surface area contributed by atoms with Crippen LogP contribution in [0.5, 0.6) is 0 Å². The lowest BCUT2D eigenvalue weighted by atomic mass is 10.2. The van der Waals surface area contributed by atoms with Crippen molar-refractivity contribution in [3.8, 4) is 0 Å². The van der Waals surface area contributed by atoms with E-state index in [9.17, 15) is 4.57 Å². The van der Waals surface area contributed by atoms with Crippen molar-refractivity contribution in [3.63, 3.8) is 0 Å². The SMILES string of the molecule is Cc1cc[c]cc1P(C)(C)=O. The quantitative estimate of drug-likeness (QED) is 0.585. The van der Waals surface area contributed by atoms with Gasteiger partial charge in [-0.05, 0) is 37.9 Å². The molecule has 11 heavy (non-hydrogen) atoms. The molecule has 0 aromatic heterocycles. The fourth-order valence-electron chi connectivity index (χ4n) is 1.08. The smallest absolute Gasteiger partial charge is 0.110 e. The van der Waals surface area contributed by atoms with Crippen molar-refractivity contribution in [3.05, 3.63) is 29.8 Å². The third-order valence-electron chi connectivity index (χ3n) is 1.63. The molecule has 0 aliphatic heterocycles. The van der Waals surface area contributed by atoms with E-state index in [0.717, 1.165) is 10.9 Å². The highest BCUT2D eigenvalue weighted by molar-refractivity contribution is 7.70. The summed E-state index contributed by atoms with van der Waals surface area (Å²) in [4.78, 5) is 0. The summed E-state index contributed by atoms with van der Waals surface area (Å²) >= 11 is 0. The van der Waals surface area contributed by atoms with Gasteiger partial charge in [-0.15, -0.1) is 0 Å². The molecule has 1 radical (unpaired) electrons. The van der Waals surface area contributed by atoms with Crippen LogP contribution in [0.2, 0.25) is 0 Å². The van der Waals surface area contributed by atoms with E-state index in [0.29, 0.717) is 0 Å². The number of hydrogen-bond acceptors (Lipinski definition) is 1. The molecule has 0 N–H and O–H groups in total. The van der Waals surface area contributed by atoms with E-state index in [1.807, 2.05) is 25.1 Å². The molecule has 2 heteroatoms. The predicted octanol–water partition coefficient (Wildman–Crippen LogP) is 2.04. The molecule has 1 aromatic carbocycles. The molecule has 0 saturated heterocycles. The molecule has 0 saturated carbocycles. The summed E-state index contributed by atoms with van der Waals surface area (Å²) in [5.41, 5.74) is 1.09. The minimum absolute atomic E-state index is 0.944. The van der Waals surface area contributed by atoms with Gasteiger partial charge in [0, 0.05) is 5.30 Å². The Morgan fingerprint density at radius 1 is 1.45 bits per heavy atom. The molecule has 1 nitrogen and oxygen atoms in total. The van der Waals surface area contributed by atoms with Crippen molar-refractivity contribution in [2.24, 2.45) is 0 Å². The van der Waals surface area contributed by atoms with Gasteiger partial charge in [0.05, 0.1) is 0 Å². The van der Waals surface area contributed by atoms with Crippen LogP contribution in [0.3, 0.4) is 0 Å². The number of hydrogen-bond donors (Lipinski definition) is 0. The van der Waals surface area contributed by atoms with Crippen LogP contribution in [0.4, 0.5) is 0 Å².